The molecular formula is C10H12N4. The minimum atomic E-state index is 0.694. The summed E-state index contributed by atoms with van der Waals surface area (Å²) < 4.78 is 1.77. The summed E-state index contributed by atoms with van der Waals surface area (Å²) in [6.45, 7) is 2.80. The highest BCUT2D eigenvalue weighted by atomic mass is 15.3. The molecular weight excluding hydrogens is 176 g/mol. The van der Waals surface area contributed by atoms with E-state index in [0.29, 0.717) is 5.82 Å². The van der Waals surface area contributed by atoms with E-state index in [1.165, 1.54) is 0 Å². The maximum Gasteiger partial charge on any atom is 0.122 e. The zero-order chi connectivity index (χ0) is 9.97. The van der Waals surface area contributed by atoms with E-state index in [-0.39, 0.29) is 0 Å². The van der Waals surface area contributed by atoms with Crippen LogP contribution in [0.2, 0.25) is 0 Å². The van der Waals surface area contributed by atoms with Crippen molar-refractivity contribution >= 4 is 5.82 Å². The number of hydrogen-bond donors (Lipinski definition) is 1. The number of anilines is 1. The van der Waals surface area contributed by atoms with Gasteiger partial charge in [0.2, 0.25) is 0 Å². The van der Waals surface area contributed by atoms with Gasteiger partial charge in [0.15, 0.2) is 0 Å². The van der Waals surface area contributed by atoms with E-state index < -0.39 is 0 Å². The van der Waals surface area contributed by atoms with Crippen LogP contribution in [0, 0.1) is 0 Å². The van der Waals surface area contributed by atoms with Gasteiger partial charge in [-0.15, -0.1) is 0 Å². The number of nitrogens with zero attached hydrogens (tertiary/aromatic N) is 3. The molecule has 2 rings (SSSR count). The highest BCUT2D eigenvalue weighted by molar-refractivity contribution is 5.61. The number of nitrogens with two attached hydrogens (primary N) is 1. The fourth-order valence-electron chi connectivity index (χ4n) is 1.35. The number of nitrogen functional groups attached to an aromatic ring is 1. The zero-order valence-corrected chi connectivity index (χ0v) is 8.01. The SMILES string of the molecule is CCn1nc(-c2ccncc2)cc1N. The van der Waals surface area contributed by atoms with Gasteiger partial charge in [-0.05, 0) is 19.1 Å². The summed E-state index contributed by atoms with van der Waals surface area (Å²) in [5.74, 6) is 0.694. The maximum absolute atomic E-state index is 5.77. The van der Waals surface area contributed by atoms with Crippen LogP contribution < -0.4 is 5.73 Å². The summed E-state index contributed by atoms with van der Waals surface area (Å²) in [5, 5.41) is 4.36. The Kier molecular flexibility index (Phi) is 2.18. The van der Waals surface area contributed by atoms with Gasteiger partial charge in [0.05, 0.1) is 5.69 Å². The molecule has 0 fully saturated rings. The Hall–Kier alpha value is -1.84. The van der Waals surface area contributed by atoms with Crippen LogP contribution in [-0.2, 0) is 6.54 Å². The normalized spacial score (nSPS) is 10.4. The summed E-state index contributed by atoms with van der Waals surface area (Å²) in [4.78, 5) is 3.95. The topological polar surface area (TPSA) is 56.7 Å². The Morgan fingerprint density at radius 2 is 2.07 bits per heavy atom. The smallest absolute Gasteiger partial charge is 0.122 e. The van der Waals surface area contributed by atoms with Gasteiger partial charge in [-0.2, -0.15) is 5.10 Å². The molecule has 0 spiro atoms. The third-order valence-corrected chi connectivity index (χ3v) is 2.09. The molecule has 0 saturated carbocycles. The molecule has 0 bridgehead atoms. The van der Waals surface area contributed by atoms with Crippen molar-refractivity contribution in [2.24, 2.45) is 0 Å². The molecule has 2 aromatic rings. The van der Waals surface area contributed by atoms with Crippen LogP contribution >= 0.6 is 0 Å². The van der Waals surface area contributed by atoms with Gasteiger partial charge in [0, 0.05) is 30.6 Å². The van der Waals surface area contributed by atoms with Crippen molar-refractivity contribution in [3.05, 3.63) is 30.6 Å². The summed E-state index contributed by atoms with van der Waals surface area (Å²) in [7, 11) is 0. The number of hydrogen-bond acceptors (Lipinski definition) is 3. The fourth-order valence-corrected chi connectivity index (χ4v) is 1.35. The standard InChI is InChI=1S/C10H12N4/c1-2-14-10(11)7-9(13-14)8-3-5-12-6-4-8/h3-7H,2,11H2,1H3. The first-order chi connectivity index (χ1) is 6.81. The zero-order valence-electron chi connectivity index (χ0n) is 8.01. The molecule has 2 heterocycles. The van der Waals surface area contributed by atoms with Crippen LogP contribution in [0.3, 0.4) is 0 Å². The first-order valence-electron chi connectivity index (χ1n) is 4.55. The van der Waals surface area contributed by atoms with Crippen molar-refractivity contribution < 1.29 is 0 Å². The second-order valence-electron chi connectivity index (χ2n) is 3.01. The Morgan fingerprint density at radius 1 is 1.36 bits per heavy atom. The number of rotatable bonds is 2. The Balaban J connectivity index is 2.43. The van der Waals surface area contributed by atoms with Crippen molar-refractivity contribution in [3.63, 3.8) is 0 Å². The van der Waals surface area contributed by atoms with Gasteiger partial charge >= 0.3 is 0 Å². The van der Waals surface area contributed by atoms with Crippen molar-refractivity contribution in [3.8, 4) is 11.3 Å². The van der Waals surface area contributed by atoms with E-state index in [4.69, 9.17) is 5.73 Å². The second-order valence-corrected chi connectivity index (χ2v) is 3.01. The van der Waals surface area contributed by atoms with Crippen molar-refractivity contribution in [1.82, 2.24) is 14.8 Å². The largest absolute Gasteiger partial charge is 0.384 e. The molecule has 0 unspecified atom stereocenters. The van der Waals surface area contributed by atoms with Crippen molar-refractivity contribution in [1.29, 1.82) is 0 Å². The lowest BCUT2D eigenvalue weighted by atomic mass is 10.2. The first-order valence-corrected chi connectivity index (χ1v) is 4.55. The molecule has 14 heavy (non-hydrogen) atoms. The number of pyridine rings is 1. The van der Waals surface area contributed by atoms with Gasteiger partial charge in [0.1, 0.15) is 5.82 Å². The minimum absolute atomic E-state index is 0.694. The van der Waals surface area contributed by atoms with Crippen LogP contribution in [0.15, 0.2) is 30.6 Å². The third-order valence-electron chi connectivity index (χ3n) is 2.09. The summed E-state index contributed by atoms with van der Waals surface area (Å²) >= 11 is 0. The third kappa shape index (κ3) is 1.46. The monoisotopic (exact) mass is 188 g/mol. The predicted octanol–water partition coefficient (Wildman–Crippen LogP) is 1.55. The van der Waals surface area contributed by atoms with Crippen LogP contribution in [0.25, 0.3) is 11.3 Å². The lowest BCUT2D eigenvalue weighted by Gasteiger charge is -1.96. The molecule has 0 atom stereocenters. The molecule has 2 aromatic heterocycles. The summed E-state index contributed by atoms with van der Waals surface area (Å²) in [6, 6.07) is 5.71. The van der Waals surface area contributed by atoms with Gasteiger partial charge < -0.3 is 5.73 Å². The highest BCUT2D eigenvalue weighted by Crippen LogP contribution is 2.18. The van der Waals surface area contributed by atoms with Gasteiger partial charge in [-0.25, -0.2) is 4.68 Å². The Morgan fingerprint density at radius 3 is 2.64 bits per heavy atom. The minimum Gasteiger partial charge on any atom is -0.384 e. The summed E-state index contributed by atoms with van der Waals surface area (Å²) in [5.41, 5.74) is 7.71. The number of aromatic nitrogens is 3. The average molecular weight is 188 g/mol. The summed E-state index contributed by atoms with van der Waals surface area (Å²) in [6.07, 6.45) is 3.49. The Labute approximate surface area is 82.4 Å². The average Bonchev–Trinajstić information content (AvgIpc) is 2.61. The van der Waals surface area contributed by atoms with E-state index in [1.807, 2.05) is 25.1 Å². The molecule has 0 saturated heterocycles. The van der Waals surface area contributed by atoms with Gasteiger partial charge in [-0.1, -0.05) is 0 Å². The van der Waals surface area contributed by atoms with E-state index in [0.717, 1.165) is 17.8 Å². The molecule has 2 N–H and O–H groups in total. The van der Waals surface area contributed by atoms with E-state index in [9.17, 15) is 0 Å². The first kappa shape index (κ1) is 8.74. The van der Waals surface area contributed by atoms with E-state index in [1.54, 1.807) is 17.1 Å². The molecule has 0 radical (unpaired) electrons. The molecule has 0 amide bonds. The number of aryl methyl sites for hydroxylation is 1. The quantitative estimate of drug-likeness (QED) is 0.777. The van der Waals surface area contributed by atoms with Gasteiger partial charge in [0.25, 0.3) is 0 Å². The van der Waals surface area contributed by atoms with E-state index >= 15 is 0 Å². The second kappa shape index (κ2) is 3.49. The molecule has 4 heteroatoms. The van der Waals surface area contributed by atoms with Crippen LogP contribution in [0.5, 0.6) is 0 Å². The molecule has 0 aliphatic heterocycles. The lowest BCUT2D eigenvalue weighted by Crippen LogP contribution is -2.01. The Bertz CT molecular complexity index is 419. The van der Waals surface area contributed by atoms with Crippen molar-refractivity contribution in [2.75, 3.05) is 5.73 Å². The highest BCUT2D eigenvalue weighted by Gasteiger charge is 2.04. The molecule has 0 aromatic carbocycles. The van der Waals surface area contributed by atoms with Crippen LogP contribution in [0.4, 0.5) is 5.82 Å². The fraction of sp³-hybridized carbons (Fsp3) is 0.200. The molecule has 0 aliphatic carbocycles. The van der Waals surface area contributed by atoms with Gasteiger partial charge in [-0.3, -0.25) is 4.98 Å². The van der Waals surface area contributed by atoms with Crippen LogP contribution in [-0.4, -0.2) is 14.8 Å². The van der Waals surface area contributed by atoms with E-state index in [2.05, 4.69) is 10.1 Å². The van der Waals surface area contributed by atoms with Crippen molar-refractivity contribution in [2.45, 2.75) is 13.5 Å². The van der Waals surface area contributed by atoms with Crippen LogP contribution in [0.1, 0.15) is 6.92 Å². The molecule has 4 nitrogen and oxygen atoms in total. The maximum atomic E-state index is 5.77. The molecule has 72 valence electrons. The molecule has 0 aliphatic rings. The predicted molar refractivity (Wildman–Crippen MR) is 55.5 cm³/mol. The lowest BCUT2D eigenvalue weighted by molar-refractivity contribution is 0.672.